The number of ketones is 1. The minimum atomic E-state index is -2.45. The first-order chi connectivity index (χ1) is 8.88. The summed E-state index contributed by atoms with van der Waals surface area (Å²) >= 11 is 0. The molecule has 1 aromatic rings. The van der Waals surface area contributed by atoms with Crippen molar-refractivity contribution in [1.29, 1.82) is 0 Å². The van der Waals surface area contributed by atoms with Crippen molar-refractivity contribution < 1.29 is 19.8 Å². The number of hydrogen-bond acceptors (Lipinski definition) is 4. The molecule has 0 aromatic heterocycles. The normalized spacial score (nSPS) is 19.7. The van der Waals surface area contributed by atoms with Gasteiger partial charge in [-0.3, -0.25) is 4.79 Å². The number of rotatable bonds is 4. The van der Waals surface area contributed by atoms with Gasteiger partial charge in [-0.1, -0.05) is 6.85 Å². The lowest BCUT2D eigenvalue weighted by molar-refractivity contribution is 0.0991. The van der Waals surface area contributed by atoms with E-state index in [0.717, 1.165) is 0 Å². The fourth-order valence-electron chi connectivity index (χ4n) is 1.32. The number of carbonyl (C=O) groups excluding carboxylic acids is 1. The molecule has 0 bridgehead atoms. The zero-order valence-electron chi connectivity index (χ0n) is 11.9. The molecule has 0 saturated heterocycles. The second-order valence-electron chi connectivity index (χ2n) is 3.02. The fourth-order valence-corrected chi connectivity index (χ4v) is 1.32. The van der Waals surface area contributed by atoms with E-state index in [9.17, 15) is 4.79 Å². The zero-order chi connectivity index (χ0) is 14.0. The smallest absolute Gasteiger partial charge is 0.231 e. The minimum Gasteiger partial charge on any atom is -0.454 e. The van der Waals surface area contributed by atoms with Crippen molar-refractivity contribution in [2.75, 3.05) is 19.9 Å². The Morgan fingerprint density at radius 3 is 3.33 bits per heavy atom. The van der Waals surface area contributed by atoms with Crippen LogP contribution in [0.4, 0.5) is 0 Å². The third-order valence-electron chi connectivity index (χ3n) is 2.06. The van der Waals surface area contributed by atoms with E-state index in [4.69, 9.17) is 15.0 Å². The van der Waals surface area contributed by atoms with Crippen molar-refractivity contribution in [3.63, 3.8) is 0 Å². The lowest BCUT2D eigenvalue weighted by Crippen LogP contribution is -2.22. The Morgan fingerprint density at radius 1 is 1.60 bits per heavy atom. The molecule has 1 unspecified atom stereocenters. The highest BCUT2D eigenvalue weighted by Gasteiger charge is 2.15. The van der Waals surface area contributed by atoms with E-state index < -0.39 is 13.4 Å². The summed E-state index contributed by atoms with van der Waals surface area (Å²) in [7, 11) is 0. The van der Waals surface area contributed by atoms with Crippen molar-refractivity contribution in [3.05, 3.63) is 23.8 Å². The number of carbonyl (C=O) groups is 1. The van der Waals surface area contributed by atoms with Crippen molar-refractivity contribution in [3.8, 4) is 11.5 Å². The van der Waals surface area contributed by atoms with Crippen LogP contribution in [0.25, 0.3) is 0 Å². The van der Waals surface area contributed by atoms with Gasteiger partial charge in [-0.2, -0.15) is 0 Å². The molecule has 1 N–H and O–H groups in total. The summed E-state index contributed by atoms with van der Waals surface area (Å²) in [5.74, 6) is 0.759. The molecule has 1 aromatic carbocycles. The van der Waals surface area contributed by atoms with Gasteiger partial charge >= 0.3 is 0 Å². The van der Waals surface area contributed by atoms with E-state index >= 15 is 0 Å². The summed E-state index contributed by atoms with van der Waals surface area (Å²) in [6.07, 6.45) is 0. The van der Waals surface area contributed by atoms with Crippen LogP contribution in [-0.2, 0) is 0 Å². The Morgan fingerprint density at radius 2 is 2.47 bits per heavy atom. The lowest BCUT2D eigenvalue weighted by Gasteiger charge is -2.02. The molecular weight excluding hydrogens is 194 g/mol. The number of hydrogen-bond donors (Lipinski definition) is 1. The number of ether oxygens (including phenoxy) is 2. The van der Waals surface area contributed by atoms with Crippen LogP contribution in [0.3, 0.4) is 0 Å². The Balaban J connectivity index is 1.97. The molecule has 0 saturated carbocycles. The van der Waals surface area contributed by atoms with Crippen LogP contribution in [0, 0.1) is 0 Å². The number of nitrogens with one attached hydrogen (secondary N) is 1. The molecule has 1 aliphatic rings. The third kappa shape index (κ3) is 2.10. The molecule has 4 heteroatoms. The molecule has 1 heterocycles. The van der Waals surface area contributed by atoms with Gasteiger partial charge in [-0.25, -0.2) is 0 Å². The largest absolute Gasteiger partial charge is 0.454 e. The average Bonchev–Trinajstić information content (AvgIpc) is 2.81. The van der Waals surface area contributed by atoms with Gasteiger partial charge in [0, 0.05) is 11.0 Å². The summed E-state index contributed by atoms with van der Waals surface area (Å²) in [6.45, 7) is -4.02. The molecule has 0 amide bonds. The molecule has 0 aliphatic carbocycles. The topological polar surface area (TPSA) is 47.6 Å². The average molecular weight is 211 g/mol. The quantitative estimate of drug-likeness (QED) is 0.760. The van der Waals surface area contributed by atoms with Crippen molar-refractivity contribution in [2.24, 2.45) is 0 Å². The van der Waals surface area contributed by atoms with Gasteiger partial charge in [0.2, 0.25) is 6.79 Å². The van der Waals surface area contributed by atoms with E-state index in [-0.39, 0.29) is 19.1 Å². The van der Waals surface area contributed by atoms with Gasteiger partial charge in [-0.15, -0.1) is 0 Å². The summed E-state index contributed by atoms with van der Waals surface area (Å²) in [5.41, 5.74) is 0.384. The Bertz CT molecular complexity index is 489. The molecule has 0 radical (unpaired) electrons. The standard InChI is InChI=1S/C11H13NO3/c1-2-12-6-9(13)8-3-4-10-11(5-8)15-7-14-10/h3-5,12H,2,6-7H2,1H3/i1D3,2D. The predicted molar refractivity (Wildman–Crippen MR) is 55.4 cm³/mol. The molecule has 4 nitrogen and oxygen atoms in total. The van der Waals surface area contributed by atoms with Crippen LogP contribution in [0.15, 0.2) is 18.2 Å². The van der Waals surface area contributed by atoms with Crippen LogP contribution in [0.1, 0.15) is 22.7 Å². The zero-order valence-corrected chi connectivity index (χ0v) is 7.95. The molecule has 1 atom stereocenters. The maximum atomic E-state index is 11.9. The second kappa shape index (κ2) is 4.31. The van der Waals surface area contributed by atoms with Crippen LogP contribution < -0.4 is 14.8 Å². The highest BCUT2D eigenvalue weighted by atomic mass is 16.7. The number of Topliss-reactive ketones (excluding diaryl/α,β-unsaturated/α-hetero) is 1. The van der Waals surface area contributed by atoms with Crippen LogP contribution >= 0.6 is 0 Å². The van der Waals surface area contributed by atoms with Crippen LogP contribution in [0.5, 0.6) is 11.5 Å². The Hall–Kier alpha value is -1.55. The number of fused-ring (bicyclic) bond motifs is 1. The highest BCUT2D eigenvalue weighted by molar-refractivity contribution is 5.98. The maximum Gasteiger partial charge on any atom is 0.231 e. The molecule has 80 valence electrons. The van der Waals surface area contributed by atoms with Gasteiger partial charge in [0.15, 0.2) is 17.3 Å². The Kier molecular flexibility index (Phi) is 1.76. The number of likely N-dealkylation sites (N-methyl/N-ethyl adjacent to an activating group) is 1. The van der Waals surface area contributed by atoms with Crippen molar-refractivity contribution >= 4 is 5.78 Å². The maximum absolute atomic E-state index is 11.9. The van der Waals surface area contributed by atoms with Gasteiger partial charge in [0.25, 0.3) is 0 Å². The first-order valence-electron chi connectivity index (χ1n) is 6.54. The predicted octanol–water partition coefficient (Wildman–Crippen LogP) is 1.21. The van der Waals surface area contributed by atoms with Gasteiger partial charge in [-0.05, 0) is 24.7 Å². The highest BCUT2D eigenvalue weighted by Crippen LogP contribution is 2.32. The summed E-state index contributed by atoms with van der Waals surface area (Å²) in [6, 6.07) is 4.74. The SMILES string of the molecule is [2H]C(NCC(=O)c1ccc2c(c1)OCO2)C([2H])([2H])[2H]. The van der Waals surface area contributed by atoms with Gasteiger partial charge in [0.1, 0.15) is 0 Å². The summed E-state index contributed by atoms with van der Waals surface area (Å²) in [4.78, 5) is 11.9. The monoisotopic (exact) mass is 211 g/mol. The van der Waals surface area contributed by atoms with E-state index in [1.54, 1.807) is 18.2 Å². The van der Waals surface area contributed by atoms with Crippen molar-refractivity contribution in [1.82, 2.24) is 5.32 Å². The summed E-state index contributed by atoms with van der Waals surface area (Å²) < 4.78 is 38.7. The van der Waals surface area contributed by atoms with E-state index in [1.165, 1.54) is 0 Å². The van der Waals surface area contributed by atoms with E-state index in [0.29, 0.717) is 17.1 Å². The minimum absolute atomic E-state index is 0.124. The molecule has 0 spiro atoms. The fraction of sp³-hybridized carbons (Fsp3) is 0.364. The second-order valence-corrected chi connectivity index (χ2v) is 3.02. The van der Waals surface area contributed by atoms with E-state index in [1.807, 2.05) is 0 Å². The first kappa shape index (κ1) is 6.12. The van der Waals surface area contributed by atoms with E-state index in [2.05, 4.69) is 5.32 Å². The molecule has 15 heavy (non-hydrogen) atoms. The van der Waals surface area contributed by atoms with Crippen molar-refractivity contribution in [2.45, 2.75) is 6.85 Å². The summed E-state index contributed by atoms with van der Waals surface area (Å²) in [5, 5.41) is 2.37. The molecular formula is C11H13NO3. The number of benzene rings is 1. The van der Waals surface area contributed by atoms with Crippen LogP contribution in [-0.4, -0.2) is 25.6 Å². The Labute approximate surface area is 93.8 Å². The molecule has 2 rings (SSSR count). The van der Waals surface area contributed by atoms with Gasteiger partial charge in [0.05, 0.1) is 6.54 Å². The molecule has 0 fully saturated rings. The van der Waals surface area contributed by atoms with Gasteiger partial charge < -0.3 is 14.8 Å². The first-order valence-corrected chi connectivity index (χ1v) is 4.46. The lowest BCUT2D eigenvalue weighted by atomic mass is 10.1. The molecule has 1 aliphatic heterocycles. The van der Waals surface area contributed by atoms with Crippen LogP contribution in [0.2, 0.25) is 0 Å². The third-order valence-corrected chi connectivity index (χ3v) is 2.06.